The number of fused-ring (bicyclic) bond motifs is 2. The third-order valence-corrected chi connectivity index (χ3v) is 7.10. The van der Waals surface area contributed by atoms with Crippen molar-refractivity contribution >= 4 is 28.1 Å². The number of methoxy groups -OCH3 is 1. The van der Waals surface area contributed by atoms with E-state index in [0.717, 1.165) is 57.8 Å². The van der Waals surface area contributed by atoms with Gasteiger partial charge in [0.25, 0.3) is 0 Å². The Bertz CT molecular complexity index is 1530. The molecule has 1 aliphatic heterocycles. The normalized spacial score (nSPS) is 14.5. The Morgan fingerprint density at radius 3 is 2.78 bits per heavy atom. The molecular weight excluding hydrogens is 452 g/mol. The molecule has 5 aromatic rings. The van der Waals surface area contributed by atoms with E-state index in [4.69, 9.17) is 15.5 Å². The summed E-state index contributed by atoms with van der Waals surface area (Å²) < 4.78 is 7.36. The van der Waals surface area contributed by atoms with E-state index in [1.807, 2.05) is 47.5 Å². The number of H-pyrrole nitrogens is 1. The number of benzene rings is 2. The number of piperidine rings is 1. The van der Waals surface area contributed by atoms with Crippen molar-refractivity contribution in [1.82, 2.24) is 24.3 Å². The summed E-state index contributed by atoms with van der Waals surface area (Å²) in [6.45, 7) is 1.40. The van der Waals surface area contributed by atoms with Crippen LogP contribution < -0.4 is 10.5 Å². The lowest BCUT2D eigenvalue weighted by Gasteiger charge is -2.31. The molecule has 0 atom stereocenters. The average molecular weight is 481 g/mol. The van der Waals surface area contributed by atoms with Crippen LogP contribution in [0.25, 0.3) is 27.8 Å². The van der Waals surface area contributed by atoms with E-state index in [0.29, 0.717) is 25.3 Å². The first-order valence-electron chi connectivity index (χ1n) is 12.2. The number of hydrogen-bond donors (Lipinski definition) is 2. The van der Waals surface area contributed by atoms with Gasteiger partial charge in [-0.1, -0.05) is 30.3 Å². The number of aromatic amines is 1. The first-order chi connectivity index (χ1) is 17.6. The van der Waals surface area contributed by atoms with Crippen LogP contribution in [0, 0.1) is 0 Å². The number of ether oxygens (including phenoxy) is 1. The van der Waals surface area contributed by atoms with Crippen molar-refractivity contribution in [3.63, 3.8) is 0 Å². The van der Waals surface area contributed by atoms with Crippen LogP contribution in [-0.4, -0.2) is 50.4 Å². The quantitative estimate of drug-likeness (QED) is 0.388. The number of nitrogens with one attached hydrogen (secondary N) is 1. The Morgan fingerprint density at radius 1 is 1.14 bits per heavy atom. The number of carbonyl (C=O) groups is 1. The third-order valence-electron chi connectivity index (χ3n) is 7.10. The van der Waals surface area contributed by atoms with Gasteiger partial charge in [-0.25, -0.2) is 9.97 Å². The molecule has 0 radical (unpaired) electrons. The molecule has 0 bridgehead atoms. The van der Waals surface area contributed by atoms with Crippen molar-refractivity contribution in [3.8, 4) is 17.1 Å². The molecule has 0 spiro atoms. The van der Waals surface area contributed by atoms with Gasteiger partial charge in [0.1, 0.15) is 28.6 Å². The smallest absolute Gasteiger partial charge is 0.226 e. The first-order valence-corrected chi connectivity index (χ1v) is 12.2. The molecule has 6 rings (SSSR count). The molecule has 182 valence electrons. The van der Waals surface area contributed by atoms with Gasteiger partial charge in [-0.3, -0.25) is 9.20 Å². The summed E-state index contributed by atoms with van der Waals surface area (Å²) in [5.41, 5.74) is 10.9. The van der Waals surface area contributed by atoms with Gasteiger partial charge >= 0.3 is 0 Å². The predicted molar refractivity (Wildman–Crippen MR) is 140 cm³/mol. The number of anilines is 1. The Labute approximate surface area is 208 Å². The standard InChI is InChI=1S/C28H28N6O2/c1-36-21-7-4-5-18(15-21)16-24(35)33-12-9-19(10-13-33)28-32-25(26-27(29)30-11-14-34(26)28)23-17-20-6-2-3-8-22(20)31-23/h2-8,11,14-15,17,19,31H,9-10,12-13,16H2,1H3,(H2,29,30). The van der Waals surface area contributed by atoms with Crippen LogP contribution in [0.5, 0.6) is 5.75 Å². The average Bonchev–Trinajstić information content (AvgIpc) is 3.51. The minimum atomic E-state index is 0.141. The molecular formula is C28H28N6O2. The zero-order valence-corrected chi connectivity index (χ0v) is 20.1. The molecule has 2 aromatic carbocycles. The van der Waals surface area contributed by atoms with Gasteiger partial charge in [0.05, 0.1) is 19.2 Å². The van der Waals surface area contributed by atoms with E-state index in [2.05, 4.69) is 32.6 Å². The second-order valence-electron chi connectivity index (χ2n) is 9.30. The fourth-order valence-electron chi connectivity index (χ4n) is 5.22. The number of imidazole rings is 1. The van der Waals surface area contributed by atoms with E-state index in [9.17, 15) is 4.79 Å². The van der Waals surface area contributed by atoms with E-state index in [-0.39, 0.29) is 11.8 Å². The lowest BCUT2D eigenvalue weighted by atomic mass is 9.95. The number of amides is 1. The van der Waals surface area contributed by atoms with Crippen LogP contribution in [0.2, 0.25) is 0 Å². The maximum absolute atomic E-state index is 13.0. The van der Waals surface area contributed by atoms with E-state index < -0.39 is 0 Å². The van der Waals surface area contributed by atoms with Crippen LogP contribution in [-0.2, 0) is 11.2 Å². The molecule has 3 N–H and O–H groups in total. The second-order valence-corrected chi connectivity index (χ2v) is 9.30. The van der Waals surface area contributed by atoms with Gasteiger partial charge in [-0.2, -0.15) is 0 Å². The van der Waals surface area contributed by atoms with Crippen molar-refractivity contribution < 1.29 is 9.53 Å². The van der Waals surface area contributed by atoms with Gasteiger partial charge in [-0.15, -0.1) is 0 Å². The molecule has 36 heavy (non-hydrogen) atoms. The molecule has 0 saturated carbocycles. The summed E-state index contributed by atoms with van der Waals surface area (Å²) >= 11 is 0. The summed E-state index contributed by atoms with van der Waals surface area (Å²) in [6.07, 6.45) is 5.71. The highest BCUT2D eigenvalue weighted by Gasteiger charge is 2.28. The van der Waals surface area contributed by atoms with Crippen molar-refractivity contribution in [1.29, 1.82) is 0 Å². The summed E-state index contributed by atoms with van der Waals surface area (Å²) in [4.78, 5) is 27.8. The van der Waals surface area contributed by atoms with Crippen LogP contribution >= 0.6 is 0 Å². The first kappa shape index (κ1) is 22.2. The molecule has 3 aromatic heterocycles. The molecule has 8 heteroatoms. The van der Waals surface area contributed by atoms with Crippen molar-refractivity contribution in [2.45, 2.75) is 25.2 Å². The lowest BCUT2D eigenvalue weighted by Crippen LogP contribution is -2.39. The van der Waals surface area contributed by atoms with E-state index in [1.54, 1.807) is 13.3 Å². The zero-order chi connectivity index (χ0) is 24.6. The lowest BCUT2D eigenvalue weighted by molar-refractivity contribution is -0.131. The van der Waals surface area contributed by atoms with Crippen molar-refractivity contribution in [3.05, 3.63) is 78.4 Å². The van der Waals surface area contributed by atoms with Gasteiger partial charge < -0.3 is 20.4 Å². The highest BCUT2D eigenvalue weighted by atomic mass is 16.5. The molecule has 8 nitrogen and oxygen atoms in total. The van der Waals surface area contributed by atoms with Gasteiger partial charge in [-0.05, 0) is 42.7 Å². The predicted octanol–water partition coefficient (Wildman–Crippen LogP) is 4.42. The molecule has 1 saturated heterocycles. The Hall–Kier alpha value is -4.33. The van der Waals surface area contributed by atoms with Crippen LogP contribution in [0.1, 0.15) is 30.1 Å². The number of hydrogen-bond acceptors (Lipinski definition) is 5. The van der Waals surface area contributed by atoms with Crippen LogP contribution in [0.15, 0.2) is 67.0 Å². The summed E-state index contributed by atoms with van der Waals surface area (Å²) in [5, 5.41) is 1.13. The van der Waals surface area contributed by atoms with Gasteiger partial charge in [0.2, 0.25) is 5.91 Å². The summed E-state index contributed by atoms with van der Waals surface area (Å²) in [7, 11) is 1.64. The largest absolute Gasteiger partial charge is 0.497 e. The molecule has 1 aliphatic rings. The van der Waals surface area contributed by atoms with Crippen molar-refractivity contribution in [2.24, 2.45) is 0 Å². The van der Waals surface area contributed by atoms with Gasteiger partial charge in [0.15, 0.2) is 0 Å². The maximum atomic E-state index is 13.0. The number of carbonyl (C=O) groups excluding carboxylic acids is 1. The summed E-state index contributed by atoms with van der Waals surface area (Å²) in [6, 6.07) is 18.0. The fraction of sp³-hybridized carbons (Fsp3) is 0.250. The fourth-order valence-corrected chi connectivity index (χ4v) is 5.22. The Balaban J connectivity index is 1.24. The molecule has 1 amide bonds. The zero-order valence-electron chi connectivity index (χ0n) is 20.1. The Kier molecular flexibility index (Phi) is 5.56. The van der Waals surface area contributed by atoms with Crippen molar-refractivity contribution in [2.75, 3.05) is 25.9 Å². The van der Waals surface area contributed by atoms with Gasteiger partial charge in [0, 0.05) is 42.3 Å². The minimum absolute atomic E-state index is 0.141. The molecule has 0 unspecified atom stereocenters. The highest BCUT2D eigenvalue weighted by Crippen LogP contribution is 2.35. The number of aromatic nitrogens is 4. The molecule has 0 aliphatic carbocycles. The number of rotatable bonds is 5. The maximum Gasteiger partial charge on any atom is 0.226 e. The number of nitrogen functional groups attached to an aromatic ring is 1. The number of likely N-dealkylation sites (tertiary alicyclic amines) is 1. The SMILES string of the molecule is COc1cccc(CC(=O)N2CCC(c3nc(-c4cc5ccccc5[nH]4)c4c(N)nccn34)CC2)c1. The number of para-hydroxylation sites is 1. The number of nitrogens with two attached hydrogens (primary N) is 1. The molecule has 1 fully saturated rings. The third kappa shape index (κ3) is 3.94. The highest BCUT2D eigenvalue weighted by molar-refractivity contribution is 5.91. The minimum Gasteiger partial charge on any atom is -0.497 e. The monoisotopic (exact) mass is 480 g/mol. The molecule has 4 heterocycles. The van der Waals surface area contributed by atoms with Crippen LogP contribution in [0.3, 0.4) is 0 Å². The summed E-state index contributed by atoms with van der Waals surface area (Å²) in [5.74, 6) is 2.55. The Morgan fingerprint density at radius 2 is 1.97 bits per heavy atom. The van der Waals surface area contributed by atoms with E-state index in [1.165, 1.54) is 0 Å². The topological polar surface area (TPSA) is 102 Å². The second kappa shape index (κ2) is 9.03. The number of nitrogens with zero attached hydrogens (tertiary/aromatic N) is 4. The van der Waals surface area contributed by atoms with Crippen LogP contribution in [0.4, 0.5) is 5.82 Å². The van der Waals surface area contributed by atoms with E-state index >= 15 is 0 Å².